The Balaban J connectivity index is 1.31. The molecule has 4 heteroatoms. The number of piperidine rings is 1. The molecule has 2 saturated heterocycles. The molecule has 4 nitrogen and oxygen atoms in total. The molecule has 0 aromatic heterocycles. The first-order valence-corrected chi connectivity index (χ1v) is 10.1. The minimum Gasteiger partial charge on any atom is -0.352 e. The van der Waals surface area contributed by atoms with E-state index in [0.29, 0.717) is 18.5 Å². The Bertz CT molecular complexity index is 735. The Morgan fingerprint density at radius 1 is 0.963 bits per heavy atom. The van der Waals surface area contributed by atoms with Gasteiger partial charge in [0.25, 0.3) is 0 Å². The lowest BCUT2D eigenvalue weighted by Crippen LogP contribution is -2.53. The van der Waals surface area contributed by atoms with Crippen LogP contribution in [0.3, 0.4) is 0 Å². The third-order valence-corrected chi connectivity index (χ3v) is 6.07. The van der Waals surface area contributed by atoms with Crippen molar-refractivity contribution < 1.29 is 4.79 Å². The van der Waals surface area contributed by atoms with Crippen LogP contribution in [0.4, 0.5) is 0 Å². The maximum Gasteiger partial charge on any atom is 0.237 e. The van der Waals surface area contributed by atoms with Gasteiger partial charge in [0, 0.05) is 24.7 Å². The number of carbonyl (C=O) groups excluding carboxylic acids is 1. The molecule has 2 heterocycles. The second-order valence-corrected chi connectivity index (χ2v) is 8.02. The zero-order valence-electron chi connectivity index (χ0n) is 15.8. The van der Waals surface area contributed by atoms with Crippen LogP contribution >= 0.6 is 0 Å². The Morgan fingerprint density at radius 3 is 2.11 bits per heavy atom. The van der Waals surface area contributed by atoms with E-state index in [9.17, 15) is 4.79 Å². The summed E-state index contributed by atoms with van der Waals surface area (Å²) >= 11 is 0. The number of rotatable bonds is 6. The number of nitrogens with zero attached hydrogens (tertiary/aromatic N) is 1. The molecule has 2 fully saturated rings. The van der Waals surface area contributed by atoms with Gasteiger partial charge < -0.3 is 11.1 Å². The maximum absolute atomic E-state index is 12.6. The molecule has 4 rings (SSSR count). The standard InChI is InChI=1S/C23H29N3O/c24-22(13-17-7-3-1-4-8-17)23(27)25-19-14-20-11-12-21(15-19)26(20)16-18-9-5-2-6-10-18/h1-10,19-22H,11-16,24H2,(H,25,27). The second kappa shape index (κ2) is 8.24. The summed E-state index contributed by atoms with van der Waals surface area (Å²) in [6.07, 6.45) is 5.13. The van der Waals surface area contributed by atoms with Crippen molar-refractivity contribution in [1.29, 1.82) is 0 Å². The molecular formula is C23H29N3O. The van der Waals surface area contributed by atoms with Crippen molar-refractivity contribution in [2.45, 2.75) is 62.8 Å². The molecule has 2 aromatic rings. The van der Waals surface area contributed by atoms with Gasteiger partial charge in [-0.3, -0.25) is 9.69 Å². The summed E-state index contributed by atoms with van der Waals surface area (Å²) in [6.45, 7) is 1.02. The summed E-state index contributed by atoms with van der Waals surface area (Å²) in [6, 6.07) is 21.6. The summed E-state index contributed by atoms with van der Waals surface area (Å²) in [7, 11) is 0. The van der Waals surface area contributed by atoms with Crippen LogP contribution in [0.5, 0.6) is 0 Å². The molecule has 0 aliphatic carbocycles. The number of nitrogens with one attached hydrogen (secondary N) is 1. The number of fused-ring (bicyclic) bond motifs is 2. The molecule has 27 heavy (non-hydrogen) atoms. The van der Waals surface area contributed by atoms with E-state index < -0.39 is 6.04 Å². The molecule has 0 spiro atoms. The molecule has 3 unspecified atom stereocenters. The summed E-state index contributed by atoms with van der Waals surface area (Å²) in [5.74, 6) is -0.0141. The van der Waals surface area contributed by atoms with Crippen LogP contribution in [0, 0.1) is 0 Å². The van der Waals surface area contributed by atoms with Crippen LogP contribution in [0.1, 0.15) is 36.8 Å². The minimum atomic E-state index is -0.479. The van der Waals surface area contributed by atoms with Crippen LogP contribution in [0.25, 0.3) is 0 Å². The van der Waals surface area contributed by atoms with E-state index >= 15 is 0 Å². The molecule has 0 radical (unpaired) electrons. The third kappa shape index (κ3) is 4.40. The van der Waals surface area contributed by atoms with Gasteiger partial charge in [-0.2, -0.15) is 0 Å². The van der Waals surface area contributed by atoms with Crippen molar-refractivity contribution in [3.8, 4) is 0 Å². The largest absolute Gasteiger partial charge is 0.352 e. The van der Waals surface area contributed by atoms with Gasteiger partial charge in [0.2, 0.25) is 5.91 Å². The first-order chi connectivity index (χ1) is 13.2. The molecule has 1 amide bonds. The summed E-state index contributed by atoms with van der Waals surface area (Å²) in [4.78, 5) is 15.2. The molecule has 2 aromatic carbocycles. The van der Waals surface area contributed by atoms with Gasteiger partial charge in [0.1, 0.15) is 0 Å². The van der Waals surface area contributed by atoms with Crippen LogP contribution in [0.15, 0.2) is 60.7 Å². The van der Waals surface area contributed by atoms with Crippen molar-refractivity contribution in [1.82, 2.24) is 10.2 Å². The summed E-state index contributed by atoms with van der Waals surface area (Å²) in [5.41, 5.74) is 8.64. The molecule has 3 N–H and O–H groups in total. The quantitative estimate of drug-likeness (QED) is 0.830. The molecule has 142 valence electrons. The van der Waals surface area contributed by atoms with Crippen LogP contribution in [-0.2, 0) is 17.8 Å². The van der Waals surface area contributed by atoms with Crippen molar-refractivity contribution in [3.05, 3.63) is 71.8 Å². The van der Waals surface area contributed by atoms with Gasteiger partial charge >= 0.3 is 0 Å². The molecule has 2 aliphatic heterocycles. The average Bonchev–Trinajstić information content (AvgIpc) is 2.92. The number of hydrogen-bond acceptors (Lipinski definition) is 3. The highest BCUT2D eigenvalue weighted by atomic mass is 16.2. The second-order valence-electron chi connectivity index (χ2n) is 8.02. The zero-order chi connectivity index (χ0) is 18.6. The highest BCUT2D eigenvalue weighted by molar-refractivity contribution is 5.82. The molecule has 2 aliphatic rings. The Hall–Kier alpha value is -2.17. The van der Waals surface area contributed by atoms with Gasteiger partial charge in [-0.05, 0) is 43.2 Å². The number of hydrogen-bond donors (Lipinski definition) is 2. The van der Waals surface area contributed by atoms with Gasteiger partial charge in [0.05, 0.1) is 6.04 Å². The van der Waals surface area contributed by atoms with E-state index in [-0.39, 0.29) is 11.9 Å². The monoisotopic (exact) mass is 363 g/mol. The Kier molecular flexibility index (Phi) is 5.55. The molecule has 2 bridgehead atoms. The predicted molar refractivity (Wildman–Crippen MR) is 108 cm³/mol. The lowest BCUT2D eigenvalue weighted by atomic mass is 9.96. The average molecular weight is 364 g/mol. The predicted octanol–water partition coefficient (Wildman–Crippen LogP) is 2.87. The van der Waals surface area contributed by atoms with Crippen LogP contribution < -0.4 is 11.1 Å². The smallest absolute Gasteiger partial charge is 0.237 e. The number of nitrogens with two attached hydrogens (primary N) is 1. The third-order valence-electron chi connectivity index (χ3n) is 6.07. The highest BCUT2D eigenvalue weighted by Gasteiger charge is 2.41. The highest BCUT2D eigenvalue weighted by Crippen LogP contribution is 2.36. The van der Waals surface area contributed by atoms with Gasteiger partial charge in [-0.25, -0.2) is 0 Å². The van der Waals surface area contributed by atoms with E-state index in [0.717, 1.165) is 24.9 Å². The van der Waals surface area contributed by atoms with E-state index in [2.05, 4.69) is 40.5 Å². The van der Waals surface area contributed by atoms with Crippen LogP contribution in [0.2, 0.25) is 0 Å². The number of carbonyl (C=O) groups is 1. The Labute approximate surface area is 161 Å². The van der Waals surface area contributed by atoms with E-state index in [1.54, 1.807) is 0 Å². The normalized spacial score (nSPS) is 25.9. The molecule has 3 atom stereocenters. The first-order valence-electron chi connectivity index (χ1n) is 10.1. The lowest BCUT2D eigenvalue weighted by Gasteiger charge is -2.39. The van der Waals surface area contributed by atoms with Crippen molar-refractivity contribution >= 4 is 5.91 Å². The number of benzene rings is 2. The van der Waals surface area contributed by atoms with Gasteiger partial charge in [0.15, 0.2) is 0 Å². The van der Waals surface area contributed by atoms with E-state index in [1.807, 2.05) is 30.3 Å². The SMILES string of the molecule is NC(Cc1ccccc1)C(=O)NC1CC2CCC(C1)N2Cc1ccccc1. The zero-order valence-corrected chi connectivity index (χ0v) is 15.8. The minimum absolute atomic E-state index is 0.0141. The molecular weight excluding hydrogens is 334 g/mol. The van der Waals surface area contributed by atoms with Gasteiger partial charge in [-0.1, -0.05) is 60.7 Å². The van der Waals surface area contributed by atoms with Crippen LogP contribution in [-0.4, -0.2) is 35.0 Å². The van der Waals surface area contributed by atoms with Gasteiger partial charge in [-0.15, -0.1) is 0 Å². The fraction of sp³-hybridized carbons (Fsp3) is 0.435. The van der Waals surface area contributed by atoms with Crippen molar-refractivity contribution in [3.63, 3.8) is 0 Å². The van der Waals surface area contributed by atoms with E-state index in [4.69, 9.17) is 5.73 Å². The van der Waals surface area contributed by atoms with E-state index in [1.165, 1.54) is 18.4 Å². The summed E-state index contributed by atoms with van der Waals surface area (Å²) < 4.78 is 0. The fourth-order valence-electron chi connectivity index (χ4n) is 4.71. The lowest BCUT2D eigenvalue weighted by molar-refractivity contribution is -0.123. The molecule has 0 saturated carbocycles. The van der Waals surface area contributed by atoms with Crippen molar-refractivity contribution in [2.24, 2.45) is 5.73 Å². The number of amides is 1. The maximum atomic E-state index is 12.6. The Morgan fingerprint density at radius 2 is 1.52 bits per heavy atom. The fourth-order valence-corrected chi connectivity index (χ4v) is 4.71. The first kappa shape index (κ1) is 18.2. The van der Waals surface area contributed by atoms with Crippen molar-refractivity contribution in [2.75, 3.05) is 0 Å². The topological polar surface area (TPSA) is 58.4 Å². The summed E-state index contributed by atoms with van der Waals surface area (Å²) in [5, 5.41) is 3.23.